The normalized spacial score (nSPS) is 23.1. The van der Waals surface area contributed by atoms with Gasteiger partial charge in [0.1, 0.15) is 10.6 Å². The van der Waals surface area contributed by atoms with E-state index in [1.165, 1.54) is 6.07 Å². The Balaban J connectivity index is 1.17. The summed E-state index contributed by atoms with van der Waals surface area (Å²) in [4.78, 5) is 34.1. The molecular weight excluding hydrogens is 507 g/mol. The average Bonchev–Trinajstić information content (AvgIpc) is 3.28. The maximum atomic E-state index is 12.8. The Morgan fingerprint density at radius 1 is 1.24 bits per heavy atom. The summed E-state index contributed by atoms with van der Waals surface area (Å²) in [5.41, 5.74) is -1.90. The van der Waals surface area contributed by atoms with E-state index in [0.29, 0.717) is 32.0 Å². The van der Waals surface area contributed by atoms with Crippen LogP contribution in [0.2, 0.25) is 0 Å². The first-order chi connectivity index (χ1) is 17.4. The number of thiazole rings is 1. The monoisotopic (exact) mass is 539 g/mol. The van der Waals surface area contributed by atoms with Crippen molar-refractivity contribution in [2.45, 2.75) is 56.1 Å². The summed E-state index contributed by atoms with van der Waals surface area (Å²) in [6.45, 7) is 1.81. The predicted molar refractivity (Wildman–Crippen MR) is 133 cm³/mol. The summed E-state index contributed by atoms with van der Waals surface area (Å²) in [5.74, 6) is -1.12. The Labute approximate surface area is 217 Å². The highest BCUT2D eigenvalue weighted by Crippen LogP contribution is 2.41. The van der Waals surface area contributed by atoms with Gasteiger partial charge >= 0.3 is 6.18 Å². The number of rotatable bonds is 8. The van der Waals surface area contributed by atoms with Gasteiger partial charge in [-0.3, -0.25) is 14.5 Å². The first-order valence-electron chi connectivity index (χ1n) is 12.2. The predicted octanol–water partition coefficient (Wildman–Crippen LogP) is 2.58. The number of hydrogen-bond acceptors (Lipinski definition) is 7. The highest BCUT2D eigenvalue weighted by Gasteiger charge is 2.41. The number of nitrogens with zero attached hydrogens (tertiary/aromatic N) is 3. The average molecular weight is 540 g/mol. The van der Waals surface area contributed by atoms with E-state index >= 15 is 0 Å². The Hall–Kier alpha value is -2.54. The van der Waals surface area contributed by atoms with Crippen molar-refractivity contribution in [3.8, 4) is 0 Å². The summed E-state index contributed by atoms with van der Waals surface area (Å²) in [7, 11) is 3.97. The second-order valence-electron chi connectivity index (χ2n) is 10.1. The molecule has 0 spiro atoms. The number of nitrogens with one attached hydrogen (secondary N) is 2. The third-order valence-electron chi connectivity index (χ3n) is 6.90. The molecule has 1 aliphatic carbocycles. The lowest BCUT2D eigenvalue weighted by molar-refractivity contribution is -0.137. The van der Waals surface area contributed by atoms with Gasteiger partial charge in [-0.15, -0.1) is 11.3 Å². The number of amides is 2. The number of benzene rings is 1. The minimum Gasteiger partial charge on any atom is -0.384 e. The molecule has 2 aromatic rings. The van der Waals surface area contributed by atoms with Crippen molar-refractivity contribution in [1.82, 2.24) is 25.4 Å². The van der Waals surface area contributed by atoms with Crippen LogP contribution in [0.15, 0.2) is 30.5 Å². The summed E-state index contributed by atoms with van der Waals surface area (Å²) < 4.78 is 38.5. The zero-order chi connectivity index (χ0) is 26.8. The summed E-state index contributed by atoms with van der Waals surface area (Å²) in [6, 6.07) is 4.37. The number of carbonyl (C=O) groups excluding carboxylic acids is 2. The molecule has 37 heavy (non-hydrogen) atoms. The number of carbonyl (C=O) groups is 2. The minimum absolute atomic E-state index is 0.0474. The number of aliphatic hydroxyl groups is 1. The molecule has 1 aliphatic heterocycles. The molecule has 2 aliphatic rings. The quantitative estimate of drug-likeness (QED) is 0.477. The van der Waals surface area contributed by atoms with Gasteiger partial charge in [0.2, 0.25) is 5.91 Å². The fourth-order valence-electron chi connectivity index (χ4n) is 4.84. The molecule has 2 fully saturated rings. The van der Waals surface area contributed by atoms with E-state index in [2.05, 4.69) is 20.5 Å². The Bertz CT molecular complexity index is 1110. The van der Waals surface area contributed by atoms with Crippen molar-refractivity contribution >= 4 is 23.2 Å². The van der Waals surface area contributed by atoms with E-state index in [9.17, 15) is 27.9 Å². The van der Waals surface area contributed by atoms with Crippen LogP contribution >= 0.6 is 11.3 Å². The molecule has 2 amide bonds. The minimum atomic E-state index is -4.54. The molecule has 2 heterocycles. The number of aromatic nitrogens is 1. The molecule has 0 bridgehead atoms. The Kier molecular flexibility index (Phi) is 8.22. The van der Waals surface area contributed by atoms with Crippen LogP contribution in [0, 0.1) is 0 Å². The lowest BCUT2D eigenvalue weighted by atomic mass is 9.80. The van der Waals surface area contributed by atoms with Crippen LogP contribution in [0.25, 0.3) is 0 Å². The number of likely N-dealkylation sites (tertiary alicyclic amines) is 1. The fourth-order valence-corrected chi connectivity index (χ4v) is 6.02. The fraction of sp³-hybridized carbons (Fsp3) is 0.560. The third kappa shape index (κ3) is 6.86. The molecule has 0 unspecified atom stereocenters. The van der Waals surface area contributed by atoms with Crippen LogP contribution in [0.3, 0.4) is 0 Å². The van der Waals surface area contributed by atoms with Crippen molar-refractivity contribution in [3.05, 3.63) is 51.5 Å². The van der Waals surface area contributed by atoms with Crippen LogP contribution < -0.4 is 10.6 Å². The Morgan fingerprint density at radius 3 is 2.59 bits per heavy atom. The van der Waals surface area contributed by atoms with E-state index in [1.54, 1.807) is 17.5 Å². The van der Waals surface area contributed by atoms with Crippen molar-refractivity contribution in [2.24, 2.45) is 0 Å². The molecule has 1 saturated carbocycles. The van der Waals surface area contributed by atoms with Gasteiger partial charge in [-0.25, -0.2) is 4.98 Å². The molecule has 1 saturated heterocycles. The molecule has 202 valence electrons. The van der Waals surface area contributed by atoms with Crippen molar-refractivity contribution in [1.29, 1.82) is 0 Å². The molecule has 12 heteroatoms. The molecule has 4 rings (SSSR count). The van der Waals surface area contributed by atoms with Crippen molar-refractivity contribution in [2.75, 3.05) is 33.7 Å². The van der Waals surface area contributed by atoms with Gasteiger partial charge in [0.25, 0.3) is 5.91 Å². The summed E-state index contributed by atoms with van der Waals surface area (Å²) in [6.07, 6.45) is 0.283. The SMILES string of the molecule is CN(C)Cc1ncc(C2(O)CCC(N3CC(NC(=O)CNC(=O)c4cccc(C(F)(F)F)c4)C3)CC2)s1. The molecule has 3 N–H and O–H groups in total. The molecule has 1 aromatic carbocycles. The van der Waals surface area contributed by atoms with E-state index in [4.69, 9.17) is 0 Å². The van der Waals surface area contributed by atoms with E-state index in [0.717, 1.165) is 47.5 Å². The smallest absolute Gasteiger partial charge is 0.384 e. The van der Waals surface area contributed by atoms with Gasteiger partial charge in [-0.05, 0) is 58.0 Å². The largest absolute Gasteiger partial charge is 0.416 e. The standard InChI is InChI=1S/C25H32F3N5O3S/c1-32(2)15-22-29-11-20(37-22)24(36)8-6-19(7-9-24)33-13-18(14-33)31-21(34)12-30-23(35)16-4-3-5-17(10-16)25(26,27)28/h3-5,10-11,18-19,36H,6-9,12-15H2,1-2H3,(H,30,35)(H,31,34). The van der Waals surface area contributed by atoms with E-state index < -0.39 is 23.2 Å². The molecule has 0 atom stereocenters. The summed E-state index contributed by atoms with van der Waals surface area (Å²) >= 11 is 1.57. The van der Waals surface area contributed by atoms with E-state index in [-0.39, 0.29) is 24.1 Å². The first-order valence-corrected chi connectivity index (χ1v) is 13.1. The second-order valence-corrected chi connectivity index (χ2v) is 11.2. The van der Waals surface area contributed by atoms with Crippen LogP contribution in [0.5, 0.6) is 0 Å². The number of alkyl halides is 3. The van der Waals surface area contributed by atoms with Gasteiger partial charge in [0, 0.05) is 37.4 Å². The van der Waals surface area contributed by atoms with Crippen molar-refractivity contribution in [3.63, 3.8) is 0 Å². The van der Waals surface area contributed by atoms with Gasteiger partial charge in [0.15, 0.2) is 0 Å². The third-order valence-corrected chi connectivity index (χ3v) is 8.07. The number of hydrogen-bond donors (Lipinski definition) is 3. The maximum Gasteiger partial charge on any atom is 0.416 e. The molecule has 0 radical (unpaired) electrons. The van der Waals surface area contributed by atoms with Gasteiger partial charge in [-0.2, -0.15) is 13.2 Å². The van der Waals surface area contributed by atoms with Crippen LogP contribution in [-0.2, 0) is 23.1 Å². The van der Waals surface area contributed by atoms with Crippen LogP contribution in [0.4, 0.5) is 13.2 Å². The Morgan fingerprint density at radius 2 is 1.95 bits per heavy atom. The molecule has 8 nitrogen and oxygen atoms in total. The zero-order valence-corrected chi connectivity index (χ0v) is 21.7. The topological polar surface area (TPSA) is 97.8 Å². The summed E-state index contributed by atoms with van der Waals surface area (Å²) in [5, 5.41) is 17.4. The lowest BCUT2D eigenvalue weighted by Crippen LogP contribution is -2.63. The van der Waals surface area contributed by atoms with Gasteiger partial charge in [-0.1, -0.05) is 6.07 Å². The van der Waals surface area contributed by atoms with Gasteiger partial charge < -0.3 is 20.6 Å². The van der Waals surface area contributed by atoms with Crippen LogP contribution in [-0.4, -0.2) is 77.5 Å². The van der Waals surface area contributed by atoms with Crippen molar-refractivity contribution < 1.29 is 27.9 Å². The number of halogens is 3. The zero-order valence-electron chi connectivity index (χ0n) is 20.8. The second kappa shape index (κ2) is 11.1. The highest BCUT2D eigenvalue weighted by molar-refractivity contribution is 7.11. The lowest BCUT2D eigenvalue weighted by Gasteiger charge is -2.48. The highest BCUT2D eigenvalue weighted by atomic mass is 32.1. The van der Waals surface area contributed by atoms with E-state index in [1.807, 2.05) is 19.0 Å². The first kappa shape index (κ1) is 27.5. The molecule has 1 aromatic heterocycles. The maximum absolute atomic E-state index is 12.8. The molecular formula is C25H32F3N5O3S. The van der Waals surface area contributed by atoms with Gasteiger partial charge in [0.05, 0.1) is 23.0 Å². The van der Waals surface area contributed by atoms with Crippen LogP contribution in [0.1, 0.15) is 51.5 Å².